The van der Waals surface area contributed by atoms with Crippen LogP contribution in [0, 0.1) is 0 Å². The minimum atomic E-state index is -0.860. The number of hydrogen-bond acceptors (Lipinski definition) is 4. The average molecular weight is 349 g/mol. The normalized spacial score (nSPS) is 13.7. The first kappa shape index (κ1) is 15.9. The molecule has 0 saturated carbocycles. The van der Waals surface area contributed by atoms with Crippen molar-refractivity contribution < 1.29 is 5.11 Å². The van der Waals surface area contributed by atoms with E-state index in [1.807, 2.05) is 12.1 Å². The molecule has 0 bridgehead atoms. The molecule has 23 heavy (non-hydrogen) atoms. The average Bonchev–Trinajstić information content (AvgIpc) is 3.07. The number of nitrogens with zero attached hydrogens (tertiary/aromatic N) is 4. The first-order chi connectivity index (χ1) is 11.1. The van der Waals surface area contributed by atoms with E-state index in [0.717, 1.165) is 5.56 Å². The highest BCUT2D eigenvalue weighted by Crippen LogP contribution is 2.34. The summed E-state index contributed by atoms with van der Waals surface area (Å²) in [6.07, 6.45) is 6.17. The van der Waals surface area contributed by atoms with E-state index in [4.69, 9.17) is 23.2 Å². The zero-order valence-corrected chi connectivity index (χ0v) is 13.6. The van der Waals surface area contributed by atoms with Crippen LogP contribution < -0.4 is 0 Å². The van der Waals surface area contributed by atoms with Crippen LogP contribution in [0.2, 0.25) is 10.0 Å². The van der Waals surface area contributed by atoms with Crippen molar-refractivity contribution in [3.8, 4) is 0 Å². The molecule has 0 saturated heterocycles. The summed E-state index contributed by atoms with van der Waals surface area (Å²) in [5.74, 6) is 0. The number of rotatable bonds is 5. The number of aromatic nitrogens is 4. The maximum absolute atomic E-state index is 10.8. The highest BCUT2D eigenvalue weighted by molar-refractivity contribution is 6.35. The Kier molecular flexibility index (Phi) is 4.91. The molecule has 0 spiro atoms. The smallest absolute Gasteiger partial charge is 0.137 e. The molecule has 0 fully saturated rings. The second-order valence-corrected chi connectivity index (χ2v) is 5.96. The molecule has 1 N–H and O–H groups in total. The summed E-state index contributed by atoms with van der Waals surface area (Å²) in [5.41, 5.74) is 1.58. The number of benzene rings is 1. The minimum Gasteiger partial charge on any atom is -0.386 e. The first-order valence-corrected chi connectivity index (χ1v) is 7.77. The molecule has 5 nitrogen and oxygen atoms in total. The van der Waals surface area contributed by atoms with E-state index < -0.39 is 6.10 Å². The number of hydrogen-bond donors (Lipinski definition) is 1. The van der Waals surface area contributed by atoms with Crippen molar-refractivity contribution in [1.29, 1.82) is 0 Å². The Hall–Kier alpha value is -1.95. The molecule has 2 aromatic heterocycles. The Morgan fingerprint density at radius 3 is 2.70 bits per heavy atom. The van der Waals surface area contributed by atoms with Crippen LogP contribution in [0.1, 0.15) is 23.3 Å². The SMILES string of the molecule is O[C@H](c1ccc(Cl)cc1Cl)[C@H](Cc1cccnc1)n1cncn1. The van der Waals surface area contributed by atoms with Crippen LogP contribution in [-0.2, 0) is 6.42 Å². The molecule has 0 aliphatic heterocycles. The van der Waals surface area contributed by atoms with Crippen LogP contribution in [0.25, 0.3) is 0 Å². The van der Waals surface area contributed by atoms with Crippen LogP contribution in [0.5, 0.6) is 0 Å². The van der Waals surface area contributed by atoms with Gasteiger partial charge in [-0.25, -0.2) is 9.67 Å². The van der Waals surface area contributed by atoms with Gasteiger partial charge in [-0.2, -0.15) is 5.10 Å². The molecule has 2 atom stereocenters. The van der Waals surface area contributed by atoms with Crippen molar-refractivity contribution in [1.82, 2.24) is 19.7 Å². The van der Waals surface area contributed by atoms with Crippen LogP contribution >= 0.6 is 23.2 Å². The number of halogens is 2. The second-order valence-electron chi connectivity index (χ2n) is 5.12. The monoisotopic (exact) mass is 348 g/mol. The Balaban J connectivity index is 1.94. The van der Waals surface area contributed by atoms with Crippen molar-refractivity contribution in [2.45, 2.75) is 18.6 Å². The van der Waals surface area contributed by atoms with Gasteiger partial charge in [0.15, 0.2) is 0 Å². The lowest BCUT2D eigenvalue weighted by Crippen LogP contribution is -2.21. The fourth-order valence-electron chi connectivity index (χ4n) is 2.45. The van der Waals surface area contributed by atoms with Crippen molar-refractivity contribution in [2.75, 3.05) is 0 Å². The lowest BCUT2D eigenvalue weighted by Gasteiger charge is -2.24. The Morgan fingerprint density at radius 1 is 1.17 bits per heavy atom. The van der Waals surface area contributed by atoms with Crippen molar-refractivity contribution in [3.63, 3.8) is 0 Å². The minimum absolute atomic E-state index is 0.361. The van der Waals surface area contributed by atoms with E-state index in [9.17, 15) is 5.11 Å². The van der Waals surface area contributed by atoms with Crippen LogP contribution in [-0.4, -0.2) is 24.9 Å². The van der Waals surface area contributed by atoms with Gasteiger partial charge in [-0.1, -0.05) is 35.3 Å². The van der Waals surface area contributed by atoms with Crippen molar-refractivity contribution >= 4 is 23.2 Å². The molecular formula is C16H14Cl2N4O. The summed E-state index contributed by atoms with van der Waals surface area (Å²) in [6.45, 7) is 0. The number of aliphatic hydroxyl groups excluding tert-OH is 1. The maximum Gasteiger partial charge on any atom is 0.137 e. The Labute approximate surface area is 143 Å². The highest BCUT2D eigenvalue weighted by atomic mass is 35.5. The predicted octanol–water partition coefficient (Wildman–Crippen LogP) is 3.50. The third kappa shape index (κ3) is 3.69. The number of aliphatic hydroxyl groups is 1. The quantitative estimate of drug-likeness (QED) is 0.766. The van der Waals surface area contributed by atoms with Gasteiger partial charge in [0.1, 0.15) is 18.8 Å². The van der Waals surface area contributed by atoms with Gasteiger partial charge in [-0.05, 0) is 30.2 Å². The predicted molar refractivity (Wildman–Crippen MR) is 88.4 cm³/mol. The lowest BCUT2D eigenvalue weighted by molar-refractivity contribution is 0.106. The van der Waals surface area contributed by atoms with Crippen LogP contribution in [0.15, 0.2) is 55.4 Å². The molecule has 0 aliphatic carbocycles. The first-order valence-electron chi connectivity index (χ1n) is 7.01. The lowest BCUT2D eigenvalue weighted by atomic mass is 9.97. The molecule has 1 aromatic carbocycles. The van der Waals surface area contributed by atoms with E-state index in [0.29, 0.717) is 22.0 Å². The molecular weight excluding hydrogens is 335 g/mol. The Bertz CT molecular complexity index is 765. The van der Waals surface area contributed by atoms with Gasteiger partial charge in [0.05, 0.1) is 6.04 Å². The van der Waals surface area contributed by atoms with Gasteiger partial charge >= 0.3 is 0 Å². The molecule has 2 heterocycles. The summed E-state index contributed by atoms with van der Waals surface area (Å²) in [7, 11) is 0. The van der Waals surface area contributed by atoms with Gasteiger partial charge in [0.2, 0.25) is 0 Å². The standard InChI is InChI=1S/C16H14Cl2N4O/c17-12-3-4-13(14(18)7-12)16(23)15(22-10-20-9-21-22)6-11-2-1-5-19-8-11/h1-5,7-10,15-16,23H,6H2/t15-,16+/m0/s1. The van der Waals surface area contributed by atoms with Gasteiger partial charge in [0, 0.05) is 28.0 Å². The van der Waals surface area contributed by atoms with E-state index in [1.54, 1.807) is 41.6 Å². The molecule has 0 unspecified atom stereocenters. The van der Waals surface area contributed by atoms with Crippen molar-refractivity contribution in [2.24, 2.45) is 0 Å². The summed E-state index contributed by atoms with van der Waals surface area (Å²) >= 11 is 12.2. The van der Waals surface area contributed by atoms with E-state index in [2.05, 4.69) is 15.1 Å². The molecule has 3 aromatic rings. The summed E-state index contributed by atoms with van der Waals surface area (Å²) < 4.78 is 1.63. The third-order valence-corrected chi connectivity index (χ3v) is 4.15. The van der Waals surface area contributed by atoms with Crippen LogP contribution in [0.4, 0.5) is 0 Å². The van der Waals surface area contributed by atoms with Gasteiger partial charge in [0.25, 0.3) is 0 Å². The number of pyridine rings is 1. The van der Waals surface area contributed by atoms with Gasteiger partial charge < -0.3 is 5.11 Å². The zero-order chi connectivity index (χ0) is 16.2. The van der Waals surface area contributed by atoms with Crippen molar-refractivity contribution in [3.05, 3.63) is 76.6 Å². The van der Waals surface area contributed by atoms with E-state index in [-0.39, 0.29) is 6.04 Å². The van der Waals surface area contributed by atoms with E-state index in [1.165, 1.54) is 6.33 Å². The fourth-order valence-corrected chi connectivity index (χ4v) is 2.97. The molecule has 7 heteroatoms. The summed E-state index contributed by atoms with van der Waals surface area (Å²) in [5, 5.41) is 16.0. The summed E-state index contributed by atoms with van der Waals surface area (Å²) in [4.78, 5) is 8.08. The maximum atomic E-state index is 10.8. The van der Waals surface area contributed by atoms with Crippen LogP contribution in [0.3, 0.4) is 0 Å². The molecule has 0 radical (unpaired) electrons. The fraction of sp³-hybridized carbons (Fsp3) is 0.188. The topological polar surface area (TPSA) is 63.8 Å². The third-order valence-electron chi connectivity index (χ3n) is 3.59. The zero-order valence-electron chi connectivity index (χ0n) is 12.0. The Morgan fingerprint density at radius 2 is 2.04 bits per heavy atom. The second kappa shape index (κ2) is 7.08. The largest absolute Gasteiger partial charge is 0.386 e. The molecule has 118 valence electrons. The summed E-state index contributed by atoms with van der Waals surface area (Å²) in [6, 6.07) is 8.49. The van der Waals surface area contributed by atoms with Gasteiger partial charge in [-0.3, -0.25) is 4.98 Å². The van der Waals surface area contributed by atoms with E-state index >= 15 is 0 Å². The molecule has 0 amide bonds. The molecule has 0 aliphatic rings. The highest BCUT2D eigenvalue weighted by Gasteiger charge is 2.25. The molecule has 3 rings (SSSR count). The van der Waals surface area contributed by atoms with Gasteiger partial charge in [-0.15, -0.1) is 0 Å².